The molecule has 2 N–H and O–H groups in total. The molecule has 3 heterocycles. The number of nitrogens with one attached hydrogen (secondary N) is 1. The summed E-state index contributed by atoms with van der Waals surface area (Å²) < 4.78 is 22.3. The van der Waals surface area contributed by atoms with E-state index >= 15 is 0 Å². The lowest BCUT2D eigenvalue weighted by Crippen LogP contribution is -2.26. The summed E-state index contributed by atoms with van der Waals surface area (Å²) in [6.45, 7) is 2.20. The zero-order valence-electron chi connectivity index (χ0n) is 16.5. The van der Waals surface area contributed by atoms with Gasteiger partial charge in [0, 0.05) is 25.1 Å². The van der Waals surface area contributed by atoms with Crippen molar-refractivity contribution in [2.24, 2.45) is 0 Å². The van der Waals surface area contributed by atoms with Gasteiger partial charge in [-0.25, -0.2) is 14.2 Å². The van der Waals surface area contributed by atoms with Crippen LogP contribution in [-0.2, 0) is 13.0 Å². The number of hydrogen-bond donors (Lipinski definition) is 2. The number of carbonyl (C=O) groups is 1. The molecule has 1 amide bonds. The number of aryl methyl sites for hydroxylation is 2. The molecule has 3 aromatic rings. The van der Waals surface area contributed by atoms with Crippen molar-refractivity contribution in [1.82, 2.24) is 19.3 Å². The molecule has 0 spiro atoms. The van der Waals surface area contributed by atoms with E-state index in [1.54, 1.807) is 19.1 Å². The van der Waals surface area contributed by atoms with E-state index in [0.717, 1.165) is 29.7 Å². The predicted octanol–water partition coefficient (Wildman–Crippen LogP) is 2.18. The number of aromatic nitrogens is 4. The van der Waals surface area contributed by atoms with Crippen LogP contribution in [0, 0.1) is 12.7 Å². The van der Waals surface area contributed by atoms with Gasteiger partial charge in [-0.15, -0.1) is 5.10 Å². The molecule has 0 saturated heterocycles. The molecule has 0 fully saturated rings. The number of rotatable bonds is 4. The minimum Gasteiger partial charge on any atom is -0.507 e. The number of pyridine rings is 1. The summed E-state index contributed by atoms with van der Waals surface area (Å²) in [5.74, 6) is -1.07. The van der Waals surface area contributed by atoms with Crippen molar-refractivity contribution in [3.05, 3.63) is 57.6 Å². The molecule has 0 unspecified atom stereocenters. The van der Waals surface area contributed by atoms with Crippen molar-refractivity contribution in [1.29, 1.82) is 0 Å². The maximum atomic E-state index is 14.8. The third-order valence-corrected chi connectivity index (χ3v) is 5.03. The summed E-state index contributed by atoms with van der Waals surface area (Å²) >= 11 is 0. The number of ether oxygens (including phenoxy) is 1. The number of carbonyl (C=O) groups excluding carboxylic acids is 1. The van der Waals surface area contributed by atoms with E-state index in [4.69, 9.17) is 4.74 Å². The largest absolute Gasteiger partial charge is 0.507 e. The number of nitrogens with zero attached hydrogens (tertiary/aromatic N) is 4. The van der Waals surface area contributed by atoms with Crippen LogP contribution < -0.4 is 15.7 Å². The highest BCUT2D eigenvalue weighted by atomic mass is 19.1. The van der Waals surface area contributed by atoms with Crippen molar-refractivity contribution >= 4 is 11.6 Å². The van der Waals surface area contributed by atoms with E-state index in [0.29, 0.717) is 36.1 Å². The normalized spacial score (nSPS) is 13.0. The molecular formula is C20H20FN5O4. The standard InChI is InChI=1S/C20H20FN5O4/c1-11-14(6-7-18(22-11)30-2)23-19(28)12-9-13(21)15(10-16(12)27)26-20(29)25-8-4-3-5-17(25)24-26/h6-7,9-10,27H,3-5,8H2,1-2H3,(H,23,28). The van der Waals surface area contributed by atoms with Gasteiger partial charge in [0.1, 0.15) is 23.1 Å². The first-order chi connectivity index (χ1) is 14.4. The predicted molar refractivity (Wildman–Crippen MR) is 106 cm³/mol. The quantitative estimate of drug-likeness (QED) is 0.678. The van der Waals surface area contributed by atoms with Crippen LogP contribution in [0.3, 0.4) is 0 Å². The fraction of sp³-hybridized carbons (Fsp3) is 0.300. The highest BCUT2D eigenvalue weighted by Gasteiger charge is 2.22. The highest BCUT2D eigenvalue weighted by Crippen LogP contribution is 2.26. The van der Waals surface area contributed by atoms with Crippen LogP contribution in [0.5, 0.6) is 11.6 Å². The van der Waals surface area contributed by atoms with E-state index < -0.39 is 23.2 Å². The number of hydrogen-bond acceptors (Lipinski definition) is 6. The molecule has 9 nitrogen and oxygen atoms in total. The molecule has 30 heavy (non-hydrogen) atoms. The molecule has 0 saturated carbocycles. The smallest absolute Gasteiger partial charge is 0.350 e. The van der Waals surface area contributed by atoms with Crippen molar-refractivity contribution < 1.29 is 19.0 Å². The highest BCUT2D eigenvalue weighted by molar-refractivity contribution is 6.06. The number of halogens is 1. The van der Waals surface area contributed by atoms with Crippen LogP contribution in [0.25, 0.3) is 5.69 Å². The lowest BCUT2D eigenvalue weighted by Gasteiger charge is -2.11. The second-order valence-electron chi connectivity index (χ2n) is 6.98. The minimum absolute atomic E-state index is 0.210. The fourth-order valence-corrected chi connectivity index (χ4v) is 3.42. The summed E-state index contributed by atoms with van der Waals surface area (Å²) in [6.07, 6.45) is 2.39. The molecule has 2 aromatic heterocycles. The number of amides is 1. The molecule has 156 valence electrons. The van der Waals surface area contributed by atoms with Crippen LogP contribution in [0.4, 0.5) is 10.1 Å². The third-order valence-electron chi connectivity index (χ3n) is 5.03. The lowest BCUT2D eigenvalue weighted by molar-refractivity contribution is 0.102. The number of fused-ring (bicyclic) bond motifs is 1. The van der Waals surface area contributed by atoms with Gasteiger partial charge >= 0.3 is 5.69 Å². The summed E-state index contributed by atoms with van der Waals surface area (Å²) in [6, 6.07) is 5.08. The molecule has 1 aromatic carbocycles. The van der Waals surface area contributed by atoms with Gasteiger partial charge in [0.15, 0.2) is 0 Å². The Morgan fingerprint density at radius 2 is 2.10 bits per heavy atom. The Kier molecular flexibility index (Phi) is 4.98. The van der Waals surface area contributed by atoms with Gasteiger partial charge in [-0.2, -0.15) is 4.68 Å². The lowest BCUT2D eigenvalue weighted by atomic mass is 10.1. The SMILES string of the molecule is COc1ccc(NC(=O)c2cc(F)c(-n3nc4n(c3=O)CCCC4)cc2O)c(C)n1. The maximum Gasteiger partial charge on any atom is 0.350 e. The molecule has 10 heteroatoms. The van der Waals surface area contributed by atoms with E-state index in [2.05, 4.69) is 15.4 Å². The second-order valence-corrected chi connectivity index (χ2v) is 6.98. The zero-order valence-corrected chi connectivity index (χ0v) is 16.5. The van der Waals surface area contributed by atoms with Crippen molar-refractivity contribution in [3.8, 4) is 17.3 Å². The van der Waals surface area contributed by atoms with Crippen molar-refractivity contribution in [2.45, 2.75) is 32.7 Å². The Hall–Kier alpha value is -3.69. The summed E-state index contributed by atoms with van der Waals surface area (Å²) in [5, 5.41) is 17.1. The summed E-state index contributed by atoms with van der Waals surface area (Å²) in [5.41, 5.74) is -0.0704. The van der Waals surface area contributed by atoms with Gasteiger partial charge in [0.25, 0.3) is 5.91 Å². The second kappa shape index (κ2) is 7.62. The topological polar surface area (TPSA) is 111 Å². The first kappa shape index (κ1) is 19.6. The maximum absolute atomic E-state index is 14.8. The number of anilines is 1. The van der Waals surface area contributed by atoms with Crippen LogP contribution in [0.1, 0.15) is 34.7 Å². The van der Waals surface area contributed by atoms with Crippen LogP contribution in [0.2, 0.25) is 0 Å². The molecule has 0 bridgehead atoms. The summed E-state index contributed by atoms with van der Waals surface area (Å²) in [4.78, 5) is 29.3. The Morgan fingerprint density at radius 3 is 2.80 bits per heavy atom. The monoisotopic (exact) mass is 413 g/mol. The first-order valence-corrected chi connectivity index (χ1v) is 9.43. The van der Waals surface area contributed by atoms with Gasteiger partial charge in [-0.3, -0.25) is 9.36 Å². The Balaban J connectivity index is 1.66. The Bertz CT molecular complexity index is 1200. The van der Waals surface area contributed by atoms with Crippen LogP contribution in [-0.4, -0.2) is 37.5 Å². The number of phenols is 1. The summed E-state index contributed by atoms with van der Waals surface area (Å²) in [7, 11) is 1.48. The van der Waals surface area contributed by atoms with Gasteiger partial charge < -0.3 is 15.2 Å². The van der Waals surface area contributed by atoms with Gasteiger partial charge in [0.05, 0.1) is 24.1 Å². The molecule has 0 aliphatic carbocycles. The molecule has 0 radical (unpaired) electrons. The fourth-order valence-electron chi connectivity index (χ4n) is 3.42. The van der Waals surface area contributed by atoms with Gasteiger partial charge in [0.2, 0.25) is 5.88 Å². The van der Waals surface area contributed by atoms with Crippen molar-refractivity contribution in [2.75, 3.05) is 12.4 Å². The van der Waals surface area contributed by atoms with Crippen LogP contribution >= 0.6 is 0 Å². The molecule has 4 rings (SSSR count). The average Bonchev–Trinajstić information content (AvgIpc) is 3.07. The number of benzene rings is 1. The molecule has 1 aliphatic heterocycles. The van der Waals surface area contributed by atoms with E-state index in [1.807, 2.05) is 0 Å². The number of methoxy groups -OCH3 is 1. The Labute approximate surface area is 170 Å². The van der Waals surface area contributed by atoms with Crippen molar-refractivity contribution in [3.63, 3.8) is 0 Å². The number of phenolic OH excluding ortho intramolecular Hbond substituents is 1. The molecular weight excluding hydrogens is 393 g/mol. The molecule has 1 aliphatic rings. The average molecular weight is 413 g/mol. The van der Waals surface area contributed by atoms with E-state index in [9.17, 15) is 19.1 Å². The number of aromatic hydroxyl groups is 1. The van der Waals surface area contributed by atoms with Crippen LogP contribution in [0.15, 0.2) is 29.1 Å². The van der Waals surface area contributed by atoms with Gasteiger partial charge in [-0.1, -0.05) is 0 Å². The first-order valence-electron chi connectivity index (χ1n) is 9.43. The van der Waals surface area contributed by atoms with Gasteiger partial charge in [-0.05, 0) is 31.9 Å². The van der Waals surface area contributed by atoms with E-state index in [1.165, 1.54) is 11.7 Å². The minimum atomic E-state index is -0.847. The molecule has 0 atom stereocenters. The van der Waals surface area contributed by atoms with E-state index in [-0.39, 0.29) is 11.3 Å². The third kappa shape index (κ3) is 3.40. The Morgan fingerprint density at radius 1 is 1.30 bits per heavy atom. The zero-order chi connectivity index (χ0) is 21.4.